The number of benzene rings is 5. The lowest BCUT2D eigenvalue weighted by Gasteiger charge is -2.22. The molecule has 39 heavy (non-hydrogen) atoms. The maximum atomic E-state index is 6.53. The number of hydrogen-bond acceptors (Lipinski definition) is 3. The lowest BCUT2D eigenvalue weighted by molar-refractivity contribution is 1.07. The lowest BCUT2D eigenvalue weighted by atomic mass is 9.62. The van der Waals surface area contributed by atoms with Crippen LogP contribution in [-0.2, 0) is 0 Å². The van der Waals surface area contributed by atoms with Gasteiger partial charge in [-0.1, -0.05) is 102 Å². The van der Waals surface area contributed by atoms with Crippen LogP contribution < -0.4 is 21.9 Å². The van der Waals surface area contributed by atoms with Crippen LogP contribution in [0.3, 0.4) is 0 Å². The third-order valence-corrected chi connectivity index (χ3v) is 6.97. The van der Waals surface area contributed by atoms with Crippen molar-refractivity contribution in [3.8, 4) is 45.0 Å². The normalized spacial score (nSPS) is 11.1. The highest BCUT2D eigenvalue weighted by molar-refractivity contribution is 6.65. The fourth-order valence-corrected chi connectivity index (χ4v) is 5.07. The smallest absolute Gasteiger partial charge is 0.208 e. The van der Waals surface area contributed by atoms with Gasteiger partial charge in [0.2, 0.25) is 5.28 Å². The first-order chi connectivity index (χ1) is 18.9. The number of aromatic nitrogens is 3. The van der Waals surface area contributed by atoms with Gasteiger partial charge in [-0.2, -0.15) is 9.97 Å². The SMILES string of the molecule is [B]c1c([B])c([B])c(-c2nc(Cl)nc(-c3ccc(-c4ccccc4)c4ccccc34)n2)c(-c2ccccc2)c1[B]. The number of nitrogens with zero attached hydrogens (tertiary/aromatic N) is 3. The lowest BCUT2D eigenvalue weighted by Crippen LogP contribution is -2.49. The molecule has 0 saturated heterocycles. The van der Waals surface area contributed by atoms with Gasteiger partial charge in [-0.25, -0.2) is 4.98 Å². The topological polar surface area (TPSA) is 38.7 Å². The van der Waals surface area contributed by atoms with Gasteiger partial charge in [-0.3, -0.25) is 0 Å². The van der Waals surface area contributed by atoms with E-state index in [1.807, 2.05) is 72.8 Å². The number of fused-ring (bicyclic) bond motifs is 1. The Hall–Kier alpha value is -4.08. The fourth-order valence-electron chi connectivity index (χ4n) is 4.91. The Morgan fingerprint density at radius 2 is 0.923 bits per heavy atom. The highest BCUT2D eigenvalue weighted by Crippen LogP contribution is 2.35. The highest BCUT2D eigenvalue weighted by atomic mass is 35.5. The number of hydrogen-bond donors (Lipinski definition) is 0. The largest absolute Gasteiger partial charge is 0.226 e. The third kappa shape index (κ3) is 4.47. The van der Waals surface area contributed by atoms with Crippen molar-refractivity contribution in [3.63, 3.8) is 0 Å². The first-order valence-electron chi connectivity index (χ1n) is 12.2. The second-order valence-corrected chi connectivity index (χ2v) is 9.43. The molecule has 0 bridgehead atoms. The van der Waals surface area contributed by atoms with Gasteiger partial charge in [-0.15, -0.1) is 10.9 Å². The van der Waals surface area contributed by atoms with E-state index in [2.05, 4.69) is 34.2 Å². The van der Waals surface area contributed by atoms with E-state index in [1.165, 1.54) is 0 Å². The van der Waals surface area contributed by atoms with Crippen LogP contribution in [0.5, 0.6) is 0 Å². The summed E-state index contributed by atoms with van der Waals surface area (Å²) in [6.07, 6.45) is 0. The summed E-state index contributed by atoms with van der Waals surface area (Å²) in [6, 6.07) is 31.9. The minimum Gasteiger partial charge on any atom is -0.208 e. The van der Waals surface area contributed by atoms with Crippen molar-refractivity contribution >= 4 is 75.6 Å². The van der Waals surface area contributed by atoms with E-state index in [0.29, 0.717) is 22.4 Å². The number of rotatable bonds is 4. The van der Waals surface area contributed by atoms with Crippen molar-refractivity contribution in [1.82, 2.24) is 15.0 Å². The van der Waals surface area contributed by atoms with Crippen LogP contribution in [0, 0.1) is 0 Å². The molecule has 0 unspecified atom stereocenters. The zero-order valence-electron chi connectivity index (χ0n) is 20.8. The summed E-state index contributed by atoms with van der Waals surface area (Å²) in [5.74, 6) is 0.643. The molecular weight excluding hydrogens is 493 g/mol. The quantitative estimate of drug-likeness (QED) is 0.342. The maximum absolute atomic E-state index is 6.53. The molecule has 0 aliphatic rings. The molecule has 0 aliphatic carbocycles. The molecule has 0 spiro atoms. The summed E-state index contributed by atoms with van der Waals surface area (Å²) in [5.41, 5.74) is 5.71. The van der Waals surface area contributed by atoms with Crippen molar-refractivity contribution in [2.45, 2.75) is 0 Å². The Kier molecular flexibility index (Phi) is 6.62. The van der Waals surface area contributed by atoms with Crippen LogP contribution in [0.2, 0.25) is 5.28 Å². The van der Waals surface area contributed by atoms with Crippen molar-refractivity contribution in [1.29, 1.82) is 0 Å². The van der Waals surface area contributed by atoms with Gasteiger partial charge >= 0.3 is 0 Å². The summed E-state index contributed by atoms with van der Waals surface area (Å²) in [5, 5.41) is 2.04. The predicted molar refractivity (Wildman–Crippen MR) is 166 cm³/mol. The first-order valence-corrected chi connectivity index (χ1v) is 12.6. The number of halogens is 1. The van der Waals surface area contributed by atoms with E-state index in [4.69, 9.17) is 48.0 Å². The molecule has 0 saturated carbocycles. The van der Waals surface area contributed by atoms with Gasteiger partial charge in [-0.05, 0) is 50.7 Å². The summed E-state index contributed by atoms with van der Waals surface area (Å²) in [6.45, 7) is 0. The van der Waals surface area contributed by atoms with Gasteiger partial charge in [0.15, 0.2) is 11.6 Å². The van der Waals surface area contributed by atoms with Crippen molar-refractivity contribution in [3.05, 3.63) is 102 Å². The van der Waals surface area contributed by atoms with Crippen LogP contribution in [0.4, 0.5) is 0 Å². The molecule has 0 N–H and O–H groups in total. The summed E-state index contributed by atoms with van der Waals surface area (Å²) < 4.78 is 0. The standard InChI is InChI=1S/C31H16B4ClN3/c32-25-23(18-11-5-2-6-12-18)24(26(33)28(35)27(25)34)30-37-29(38-31(36)39-30)22-16-15-19(17-9-3-1-4-10-17)20-13-7-8-14-21(20)22/h1-16H. The van der Waals surface area contributed by atoms with Gasteiger partial charge in [0.1, 0.15) is 31.4 Å². The molecule has 0 amide bonds. The Morgan fingerprint density at radius 1 is 0.436 bits per heavy atom. The second kappa shape index (κ2) is 10.2. The van der Waals surface area contributed by atoms with E-state index < -0.39 is 0 Å². The van der Waals surface area contributed by atoms with Crippen molar-refractivity contribution < 1.29 is 0 Å². The van der Waals surface area contributed by atoms with E-state index in [0.717, 1.165) is 33.0 Å². The van der Waals surface area contributed by atoms with E-state index >= 15 is 0 Å². The zero-order chi connectivity index (χ0) is 27.1. The molecule has 8 heteroatoms. The van der Waals surface area contributed by atoms with Gasteiger partial charge in [0, 0.05) is 11.1 Å². The van der Waals surface area contributed by atoms with Gasteiger partial charge < -0.3 is 0 Å². The molecule has 3 nitrogen and oxygen atoms in total. The minimum atomic E-state index is 0.0126. The summed E-state index contributed by atoms with van der Waals surface area (Å²) in [4.78, 5) is 13.8. The fraction of sp³-hybridized carbons (Fsp3) is 0. The Balaban J connectivity index is 1.61. The first kappa shape index (κ1) is 25.2. The van der Waals surface area contributed by atoms with Crippen LogP contribution in [0.1, 0.15) is 0 Å². The third-order valence-electron chi connectivity index (χ3n) is 6.80. The Bertz CT molecular complexity index is 1860. The molecule has 174 valence electrons. The van der Waals surface area contributed by atoms with Crippen LogP contribution >= 0.6 is 11.6 Å². The predicted octanol–water partition coefficient (Wildman–Crippen LogP) is 3.52. The maximum Gasteiger partial charge on any atom is 0.226 e. The van der Waals surface area contributed by atoms with E-state index in [1.54, 1.807) is 0 Å². The van der Waals surface area contributed by atoms with Crippen molar-refractivity contribution in [2.75, 3.05) is 0 Å². The molecular formula is C31H16B4ClN3. The molecule has 6 aromatic rings. The van der Waals surface area contributed by atoms with E-state index in [9.17, 15) is 0 Å². The van der Waals surface area contributed by atoms with Gasteiger partial charge in [0.25, 0.3) is 0 Å². The zero-order valence-corrected chi connectivity index (χ0v) is 21.5. The van der Waals surface area contributed by atoms with E-state index in [-0.39, 0.29) is 27.5 Å². The summed E-state index contributed by atoms with van der Waals surface area (Å²) in [7, 11) is 25.5. The molecule has 0 aliphatic heterocycles. The highest BCUT2D eigenvalue weighted by Gasteiger charge is 2.21. The van der Waals surface area contributed by atoms with Crippen LogP contribution in [-0.4, -0.2) is 46.3 Å². The molecule has 1 aromatic heterocycles. The molecule has 6 rings (SSSR count). The van der Waals surface area contributed by atoms with Crippen LogP contribution in [0.25, 0.3) is 55.8 Å². The summed E-state index contributed by atoms with van der Waals surface area (Å²) >= 11 is 6.50. The van der Waals surface area contributed by atoms with Gasteiger partial charge in [0.05, 0.1) is 0 Å². The Labute approximate surface area is 237 Å². The minimum absolute atomic E-state index is 0.0126. The average molecular weight is 509 g/mol. The molecule has 5 aromatic carbocycles. The monoisotopic (exact) mass is 509 g/mol. The average Bonchev–Trinajstić information content (AvgIpc) is 2.97. The second-order valence-electron chi connectivity index (χ2n) is 9.09. The van der Waals surface area contributed by atoms with Crippen LogP contribution in [0.15, 0.2) is 97.1 Å². The Morgan fingerprint density at radius 3 is 1.56 bits per heavy atom. The molecule has 8 radical (unpaired) electrons. The molecule has 0 fully saturated rings. The molecule has 1 heterocycles. The molecule has 0 atom stereocenters. The van der Waals surface area contributed by atoms with Crippen molar-refractivity contribution in [2.24, 2.45) is 0 Å².